The predicted molar refractivity (Wildman–Crippen MR) is 59.6 cm³/mol. The van der Waals surface area contributed by atoms with Crippen molar-refractivity contribution in [1.82, 2.24) is 14.8 Å². The number of benzene rings is 1. The van der Waals surface area contributed by atoms with Crippen LogP contribution in [0.25, 0.3) is 5.69 Å². The molecule has 0 unspecified atom stereocenters. The van der Waals surface area contributed by atoms with Crippen LogP contribution in [0.4, 0.5) is 10.1 Å². The fourth-order valence-corrected chi connectivity index (χ4v) is 1.48. The molecule has 2 aromatic rings. The molecular weight excluding hydrogens is 273 g/mol. The van der Waals surface area contributed by atoms with Crippen molar-refractivity contribution >= 4 is 11.7 Å². The quantitative estimate of drug-likeness (QED) is 0.649. The van der Waals surface area contributed by atoms with Crippen LogP contribution in [0.3, 0.4) is 0 Å². The summed E-state index contributed by atoms with van der Waals surface area (Å²) in [6.45, 7) is 0. The molecule has 2 rings (SSSR count). The zero-order valence-electron chi connectivity index (χ0n) is 9.52. The normalized spacial score (nSPS) is 10.0. The predicted octanol–water partition coefficient (Wildman–Crippen LogP) is 0.884. The van der Waals surface area contributed by atoms with Crippen molar-refractivity contribution in [2.45, 2.75) is 0 Å². The number of rotatable bonds is 3. The van der Waals surface area contributed by atoms with Gasteiger partial charge >= 0.3 is 5.97 Å². The lowest BCUT2D eigenvalue weighted by Crippen LogP contribution is -2.07. The van der Waals surface area contributed by atoms with Crippen molar-refractivity contribution in [1.29, 1.82) is 5.26 Å². The van der Waals surface area contributed by atoms with Crippen LogP contribution < -0.4 is 0 Å². The molecule has 1 heterocycles. The van der Waals surface area contributed by atoms with Gasteiger partial charge in [0.25, 0.3) is 11.5 Å². The lowest BCUT2D eigenvalue weighted by atomic mass is 10.1. The molecule has 1 aromatic heterocycles. The van der Waals surface area contributed by atoms with Crippen LogP contribution >= 0.6 is 0 Å². The maximum Gasteiger partial charge on any atom is 0.338 e. The third kappa shape index (κ3) is 2.15. The maximum atomic E-state index is 13.4. The van der Waals surface area contributed by atoms with Gasteiger partial charge in [0.2, 0.25) is 0 Å². The Morgan fingerprint density at radius 3 is 2.75 bits per heavy atom. The Morgan fingerprint density at radius 1 is 1.55 bits per heavy atom. The van der Waals surface area contributed by atoms with Gasteiger partial charge in [0.1, 0.15) is 23.9 Å². The minimum atomic E-state index is -1.58. The highest BCUT2D eigenvalue weighted by Gasteiger charge is 2.23. The van der Waals surface area contributed by atoms with Crippen LogP contribution in [-0.2, 0) is 0 Å². The summed E-state index contributed by atoms with van der Waals surface area (Å²) >= 11 is 0. The number of hydrogen-bond acceptors (Lipinski definition) is 6. The Bertz CT molecular complexity index is 763. The van der Waals surface area contributed by atoms with Gasteiger partial charge in [-0.3, -0.25) is 10.1 Å². The van der Waals surface area contributed by atoms with E-state index in [0.29, 0.717) is 6.07 Å². The van der Waals surface area contributed by atoms with E-state index in [1.54, 1.807) is 6.07 Å². The molecule has 1 aromatic carbocycles. The van der Waals surface area contributed by atoms with Gasteiger partial charge in [-0.25, -0.2) is 18.9 Å². The fraction of sp³-hybridized carbons (Fsp3) is 0. The molecule has 0 amide bonds. The van der Waals surface area contributed by atoms with E-state index in [0.717, 1.165) is 17.1 Å². The average Bonchev–Trinajstić information content (AvgIpc) is 2.86. The minimum Gasteiger partial charge on any atom is -0.478 e. The van der Waals surface area contributed by atoms with Crippen molar-refractivity contribution in [2.75, 3.05) is 0 Å². The Kier molecular flexibility index (Phi) is 3.10. The van der Waals surface area contributed by atoms with Crippen molar-refractivity contribution in [3.8, 4) is 11.8 Å². The van der Waals surface area contributed by atoms with Crippen LogP contribution in [0.1, 0.15) is 16.2 Å². The number of nitro benzene ring substituents is 1. The summed E-state index contributed by atoms with van der Waals surface area (Å²) < 4.78 is 14.3. The highest BCUT2D eigenvalue weighted by molar-refractivity contribution is 5.89. The van der Waals surface area contributed by atoms with Gasteiger partial charge in [0.05, 0.1) is 16.6 Å². The number of carbonyl (C=O) groups is 1. The van der Waals surface area contributed by atoms with Crippen LogP contribution in [0.2, 0.25) is 0 Å². The number of nitro groups is 1. The standard InChI is InChI=1S/C10H4FN5O4/c11-6-2-8(16(19)20)7(1-5(6)10(17)18)15-4-13-9(3-12)14-15/h1-2,4H,(H,17,18). The first-order valence-electron chi connectivity index (χ1n) is 4.97. The summed E-state index contributed by atoms with van der Waals surface area (Å²) in [4.78, 5) is 24.4. The topological polar surface area (TPSA) is 135 Å². The van der Waals surface area contributed by atoms with E-state index in [2.05, 4.69) is 10.1 Å². The van der Waals surface area contributed by atoms with E-state index in [-0.39, 0.29) is 11.5 Å². The lowest BCUT2D eigenvalue weighted by molar-refractivity contribution is -0.384. The average molecular weight is 277 g/mol. The Labute approximate surface area is 109 Å². The molecule has 0 saturated carbocycles. The van der Waals surface area contributed by atoms with Gasteiger partial charge in [0, 0.05) is 0 Å². The molecule has 0 fully saturated rings. The molecule has 0 atom stereocenters. The summed E-state index contributed by atoms with van der Waals surface area (Å²) in [5, 5.41) is 31.9. The molecule has 0 aliphatic carbocycles. The fourth-order valence-electron chi connectivity index (χ4n) is 1.48. The monoisotopic (exact) mass is 277 g/mol. The van der Waals surface area contributed by atoms with Gasteiger partial charge in [0.15, 0.2) is 0 Å². The highest BCUT2D eigenvalue weighted by Crippen LogP contribution is 2.26. The number of nitrogens with zero attached hydrogens (tertiary/aromatic N) is 5. The van der Waals surface area contributed by atoms with E-state index in [9.17, 15) is 19.3 Å². The molecule has 0 aliphatic heterocycles. The molecule has 0 aliphatic rings. The minimum absolute atomic E-state index is 0.263. The van der Waals surface area contributed by atoms with E-state index in [4.69, 9.17) is 10.4 Å². The summed E-state index contributed by atoms with van der Waals surface area (Å²) in [6.07, 6.45) is 0.990. The summed E-state index contributed by atoms with van der Waals surface area (Å²) in [6, 6.07) is 2.85. The van der Waals surface area contributed by atoms with E-state index < -0.39 is 28.0 Å². The molecule has 0 bridgehead atoms. The zero-order valence-corrected chi connectivity index (χ0v) is 9.52. The van der Waals surface area contributed by atoms with Crippen molar-refractivity contribution in [2.24, 2.45) is 0 Å². The second-order valence-corrected chi connectivity index (χ2v) is 3.51. The summed E-state index contributed by atoms with van der Waals surface area (Å²) in [5.74, 6) is -3.09. The number of hydrogen-bond donors (Lipinski definition) is 1. The lowest BCUT2D eigenvalue weighted by Gasteiger charge is -2.04. The molecule has 0 radical (unpaired) electrons. The van der Waals surface area contributed by atoms with Crippen molar-refractivity contribution in [3.05, 3.63) is 45.8 Å². The number of aromatic carboxylic acids is 1. The summed E-state index contributed by atoms with van der Waals surface area (Å²) in [5.41, 5.74) is -1.75. The van der Waals surface area contributed by atoms with Gasteiger partial charge in [-0.1, -0.05) is 0 Å². The van der Waals surface area contributed by atoms with Crippen LogP contribution in [0, 0.1) is 27.3 Å². The second-order valence-electron chi connectivity index (χ2n) is 3.51. The molecule has 10 heteroatoms. The van der Waals surface area contributed by atoms with Gasteiger partial charge < -0.3 is 5.11 Å². The number of aromatic nitrogens is 3. The molecule has 9 nitrogen and oxygen atoms in total. The van der Waals surface area contributed by atoms with Crippen molar-refractivity contribution in [3.63, 3.8) is 0 Å². The third-order valence-corrected chi connectivity index (χ3v) is 2.33. The zero-order chi connectivity index (χ0) is 14.9. The Morgan fingerprint density at radius 2 is 2.25 bits per heavy atom. The molecular formula is C10H4FN5O4. The van der Waals surface area contributed by atoms with Crippen molar-refractivity contribution < 1.29 is 19.2 Å². The smallest absolute Gasteiger partial charge is 0.338 e. The van der Waals surface area contributed by atoms with Gasteiger partial charge in [-0.05, 0) is 6.07 Å². The first-order chi connectivity index (χ1) is 9.43. The second kappa shape index (κ2) is 4.73. The van der Waals surface area contributed by atoms with Gasteiger partial charge in [-0.15, -0.1) is 5.10 Å². The largest absolute Gasteiger partial charge is 0.478 e. The van der Waals surface area contributed by atoms with E-state index >= 15 is 0 Å². The molecule has 0 saturated heterocycles. The highest BCUT2D eigenvalue weighted by atomic mass is 19.1. The molecule has 20 heavy (non-hydrogen) atoms. The summed E-state index contributed by atoms with van der Waals surface area (Å²) in [7, 11) is 0. The molecule has 1 N–H and O–H groups in total. The van der Waals surface area contributed by atoms with Gasteiger partial charge in [-0.2, -0.15) is 5.26 Å². The Hall–Kier alpha value is -3.35. The third-order valence-electron chi connectivity index (χ3n) is 2.33. The molecule has 100 valence electrons. The first kappa shape index (κ1) is 13.1. The number of nitriles is 1. The number of halogens is 1. The van der Waals surface area contributed by atoms with E-state index in [1.807, 2.05) is 0 Å². The first-order valence-corrected chi connectivity index (χ1v) is 4.97. The Balaban J connectivity index is 2.72. The van der Waals surface area contributed by atoms with Crippen LogP contribution in [-0.4, -0.2) is 30.8 Å². The SMILES string of the molecule is N#Cc1ncn(-c2cc(C(=O)O)c(F)cc2[N+](=O)[O-])n1. The maximum absolute atomic E-state index is 13.4. The molecule has 0 spiro atoms. The van der Waals surface area contributed by atoms with E-state index in [1.165, 1.54) is 0 Å². The van der Waals surface area contributed by atoms with Crippen LogP contribution in [0.5, 0.6) is 0 Å². The number of carboxylic acid groups (broad SMARTS) is 1. The number of carboxylic acids is 1. The van der Waals surface area contributed by atoms with Crippen LogP contribution in [0.15, 0.2) is 18.5 Å².